The molecule has 0 saturated carbocycles. The number of halogens is 1. The number of hydrogen-bond acceptors (Lipinski definition) is 2. The molecule has 90 valence electrons. The number of anilines is 1. The highest BCUT2D eigenvalue weighted by Gasteiger charge is 2.03. The van der Waals surface area contributed by atoms with Crippen molar-refractivity contribution in [2.24, 2.45) is 7.05 Å². The molecule has 1 heterocycles. The Bertz CT molecular complexity index is 505. The van der Waals surface area contributed by atoms with Gasteiger partial charge in [0, 0.05) is 23.4 Å². The third kappa shape index (κ3) is 2.88. The molecule has 0 spiro atoms. The first kappa shape index (κ1) is 12.2. The Labute approximate surface area is 110 Å². The molecule has 0 aliphatic carbocycles. The van der Waals surface area contributed by atoms with Crippen molar-refractivity contribution in [2.75, 3.05) is 5.32 Å². The molecule has 0 radical (unpaired) electrons. The Morgan fingerprint density at radius 3 is 2.82 bits per heavy atom. The van der Waals surface area contributed by atoms with Crippen molar-refractivity contribution in [2.45, 2.75) is 19.9 Å². The maximum absolute atomic E-state index is 4.15. The summed E-state index contributed by atoms with van der Waals surface area (Å²) < 4.78 is 3.01. The fourth-order valence-corrected chi connectivity index (χ4v) is 2.20. The van der Waals surface area contributed by atoms with Crippen molar-refractivity contribution >= 4 is 21.6 Å². The van der Waals surface area contributed by atoms with E-state index >= 15 is 0 Å². The lowest BCUT2D eigenvalue weighted by molar-refractivity contribution is 0.720. The summed E-state index contributed by atoms with van der Waals surface area (Å²) >= 11 is 3.50. The van der Waals surface area contributed by atoms with E-state index in [9.17, 15) is 0 Å². The molecule has 1 aromatic heterocycles. The van der Waals surface area contributed by atoms with Crippen molar-refractivity contribution in [3.05, 3.63) is 46.2 Å². The van der Waals surface area contributed by atoms with Gasteiger partial charge in [-0.3, -0.25) is 4.68 Å². The van der Waals surface area contributed by atoms with Gasteiger partial charge in [0.05, 0.1) is 12.2 Å². The molecule has 4 heteroatoms. The second kappa shape index (κ2) is 5.36. The molecule has 1 aromatic carbocycles. The molecule has 0 bridgehead atoms. The Balaban J connectivity index is 2.11. The van der Waals surface area contributed by atoms with Crippen molar-refractivity contribution in [3.8, 4) is 0 Å². The Morgan fingerprint density at radius 2 is 2.18 bits per heavy atom. The smallest absolute Gasteiger partial charge is 0.0571 e. The van der Waals surface area contributed by atoms with Gasteiger partial charge in [0.1, 0.15) is 0 Å². The average molecular weight is 294 g/mol. The number of rotatable bonds is 4. The van der Waals surface area contributed by atoms with Gasteiger partial charge in [0.15, 0.2) is 0 Å². The van der Waals surface area contributed by atoms with Crippen LogP contribution in [0.1, 0.15) is 18.2 Å². The van der Waals surface area contributed by atoms with Gasteiger partial charge in [-0.2, -0.15) is 5.10 Å². The molecule has 0 fully saturated rings. The molecule has 3 nitrogen and oxygen atoms in total. The van der Waals surface area contributed by atoms with E-state index in [-0.39, 0.29) is 0 Å². The van der Waals surface area contributed by atoms with Crippen molar-refractivity contribution in [1.29, 1.82) is 0 Å². The van der Waals surface area contributed by atoms with Gasteiger partial charge >= 0.3 is 0 Å². The third-order valence-corrected chi connectivity index (χ3v) is 3.32. The monoisotopic (exact) mass is 293 g/mol. The zero-order valence-electron chi connectivity index (χ0n) is 10.1. The van der Waals surface area contributed by atoms with Gasteiger partial charge in [0.2, 0.25) is 0 Å². The number of aromatic nitrogens is 2. The van der Waals surface area contributed by atoms with Crippen LogP contribution in [0.4, 0.5) is 5.69 Å². The minimum atomic E-state index is 0.797. The molecule has 0 aliphatic heterocycles. The van der Waals surface area contributed by atoms with Crippen LogP contribution in [0.15, 0.2) is 34.9 Å². The van der Waals surface area contributed by atoms with Gasteiger partial charge < -0.3 is 5.32 Å². The van der Waals surface area contributed by atoms with E-state index in [2.05, 4.69) is 51.5 Å². The van der Waals surface area contributed by atoms with Gasteiger partial charge in [-0.05, 0) is 36.2 Å². The first-order valence-electron chi connectivity index (χ1n) is 5.70. The molecular weight excluding hydrogens is 278 g/mol. The molecule has 0 aliphatic rings. The molecule has 0 amide bonds. The summed E-state index contributed by atoms with van der Waals surface area (Å²) in [7, 11) is 1.96. The van der Waals surface area contributed by atoms with Crippen LogP contribution in [0, 0.1) is 0 Å². The molecule has 2 aromatic rings. The number of aryl methyl sites for hydroxylation is 2. The fourth-order valence-electron chi connectivity index (χ4n) is 1.79. The van der Waals surface area contributed by atoms with Crippen LogP contribution in [0.3, 0.4) is 0 Å². The summed E-state index contributed by atoms with van der Waals surface area (Å²) in [5.74, 6) is 0. The summed E-state index contributed by atoms with van der Waals surface area (Å²) in [5.41, 5.74) is 3.69. The van der Waals surface area contributed by atoms with Crippen molar-refractivity contribution in [3.63, 3.8) is 0 Å². The SMILES string of the molecule is CCc1cc(Br)ccc1NCc1ccnn1C. The molecule has 0 atom stereocenters. The fraction of sp³-hybridized carbons (Fsp3) is 0.308. The maximum atomic E-state index is 4.15. The maximum Gasteiger partial charge on any atom is 0.0571 e. The lowest BCUT2D eigenvalue weighted by atomic mass is 10.1. The summed E-state index contributed by atoms with van der Waals surface area (Å²) in [4.78, 5) is 0. The molecule has 0 unspecified atom stereocenters. The normalized spacial score (nSPS) is 10.5. The van der Waals surface area contributed by atoms with Crippen LogP contribution in [0.25, 0.3) is 0 Å². The Morgan fingerprint density at radius 1 is 1.35 bits per heavy atom. The first-order valence-corrected chi connectivity index (χ1v) is 6.49. The van der Waals surface area contributed by atoms with Gasteiger partial charge in [-0.25, -0.2) is 0 Å². The number of hydrogen-bond donors (Lipinski definition) is 1. The summed E-state index contributed by atoms with van der Waals surface area (Å²) in [6.45, 7) is 2.96. The second-order valence-corrected chi connectivity index (χ2v) is 4.87. The lowest BCUT2D eigenvalue weighted by Crippen LogP contribution is -2.06. The van der Waals surface area contributed by atoms with Gasteiger partial charge in [-0.1, -0.05) is 22.9 Å². The van der Waals surface area contributed by atoms with E-state index in [1.54, 1.807) is 0 Å². The van der Waals surface area contributed by atoms with E-state index in [4.69, 9.17) is 0 Å². The topological polar surface area (TPSA) is 29.9 Å². The Kier molecular flexibility index (Phi) is 3.84. The van der Waals surface area contributed by atoms with E-state index in [1.807, 2.05) is 24.0 Å². The molecule has 1 N–H and O–H groups in total. The Hall–Kier alpha value is -1.29. The predicted molar refractivity (Wildman–Crippen MR) is 74.1 cm³/mol. The molecular formula is C13H16BrN3. The van der Waals surface area contributed by atoms with Crippen LogP contribution in [0.2, 0.25) is 0 Å². The summed E-state index contributed by atoms with van der Waals surface area (Å²) in [6, 6.07) is 8.35. The molecule has 0 saturated heterocycles. The van der Waals surface area contributed by atoms with Crippen LogP contribution in [0.5, 0.6) is 0 Å². The summed E-state index contributed by atoms with van der Waals surface area (Å²) in [6.07, 6.45) is 2.84. The zero-order valence-corrected chi connectivity index (χ0v) is 11.7. The van der Waals surface area contributed by atoms with E-state index in [0.29, 0.717) is 0 Å². The number of benzene rings is 1. The van der Waals surface area contributed by atoms with Crippen LogP contribution < -0.4 is 5.32 Å². The van der Waals surface area contributed by atoms with Crippen molar-refractivity contribution < 1.29 is 0 Å². The quantitative estimate of drug-likeness (QED) is 0.937. The highest BCUT2D eigenvalue weighted by molar-refractivity contribution is 9.10. The van der Waals surface area contributed by atoms with Crippen molar-refractivity contribution in [1.82, 2.24) is 9.78 Å². The van der Waals surface area contributed by atoms with Crippen LogP contribution in [-0.4, -0.2) is 9.78 Å². The van der Waals surface area contributed by atoms with E-state index in [0.717, 1.165) is 17.4 Å². The highest BCUT2D eigenvalue weighted by Crippen LogP contribution is 2.22. The minimum absolute atomic E-state index is 0.797. The minimum Gasteiger partial charge on any atom is -0.379 e. The third-order valence-electron chi connectivity index (χ3n) is 2.83. The average Bonchev–Trinajstić information content (AvgIpc) is 2.73. The van der Waals surface area contributed by atoms with E-state index < -0.39 is 0 Å². The summed E-state index contributed by atoms with van der Waals surface area (Å²) in [5, 5.41) is 7.61. The van der Waals surface area contributed by atoms with Crippen LogP contribution in [-0.2, 0) is 20.0 Å². The number of nitrogens with zero attached hydrogens (tertiary/aromatic N) is 2. The predicted octanol–water partition coefficient (Wildman–Crippen LogP) is 3.36. The van der Waals surface area contributed by atoms with Crippen LogP contribution >= 0.6 is 15.9 Å². The van der Waals surface area contributed by atoms with Gasteiger partial charge in [-0.15, -0.1) is 0 Å². The molecule has 17 heavy (non-hydrogen) atoms. The highest BCUT2D eigenvalue weighted by atomic mass is 79.9. The molecule has 2 rings (SSSR count). The second-order valence-electron chi connectivity index (χ2n) is 3.95. The standard InChI is InChI=1S/C13H16BrN3/c1-3-10-8-11(14)4-5-13(10)15-9-12-6-7-16-17(12)2/h4-8,15H,3,9H2,1-2H3. The first-order chi connectivity index (χ1) is 8.20. The van der Waals surface area contributed by atoms with E-state index in [1.165, 1.54) is 16.9 Å². The number of nitrogens with one attached hydrogen (secondary N) is 1. The zero-order chi connectivity index (χ0) is 12.3. The van der Waals surface area contributed by atoms with Gasteiger partial charge in [0.25, 0.3) is 0 Å². The lowest BCUT2D eigenvalue weighted by Gasteiger charge is -2.11. The largest absolute Gasteiger partial charge is 0.379 e.